The molecule has 7 heteroatoms. The van der Waals surface area contributed by atoms with Crippen LogP contribution in [-0.4, -0.2) is 33.5 Å². The molecule has 26 heavy (non-hydrogen) atoms. The SMILES string of the molecule is CCc1ccccc1-n1cnnc1SCC(=O)Nc1ccc(OC)cc1. The van der Waals surface area contributed by atoms with Crippen LogP contribution in [0.15, 0.2) is 60.0 Å². The molecule has 1 heterocycles. The zero-order valence-corrected chi connectivity index (χ0v) is 15.5. The molecule has 3 aromatic rings. The first-order valence-electron chi connectivity index (χ1n) is 8.26. The maximum Gasteiger partial charge on any atom is 0.234 e. The number of nitrogens with one attached hydrogen (secondary N) is 1. The van der Waals surface area contributed by atoms with Crippen molar-refractivity contribution < 1.29 is 9.53 Å². The van der Waals surface area contributed by atoms with Crippen molar-refractivity contribution in [3.63, 3.8) is 0 Å². The molecule has 134 valence electrons. The predicted octanol–water partition coefficient (Wildman–Crippen LogP) is 3.57. The first-order valence-corrected chi connectivity index (χ1v) is 9.25. The highest BCUT2D eigenvalue weighted by molar-refractivity contribution is 7.99. The highest BCUT2D eigenvalue weighted by Crippen LogP contribution is 2.23. The number of rotatable bonds is 7. The number of hydrogen-bond donors (Lipinski definition) is 1. The Balaban J connectivity index is 1.65. The molecule has 0 aliphatic heterocycles. The van der Waals surface area contributed by atoms with Crippen LogP contribution in [-0.2, 0) is 11.2 Å². The molecular formula is C19H20N4O2S. The summed E-state index contributed by atoms with van der Waals surface area (Å²) in [6.45, 7) is 2.11. The van der Waals surface area contributed by atoms with Crippen molar-refractivity contribution in [2.24, 2.45) is 0 Å². The maximum atomic E-state index is 12.2. The third kappa shape index (κ3) is 4.23. The van der Waals surface area contributed by atoms with E-state index in [0.717, 1.165) is 23.5 Å². The summed E-state index contributed by atoms with van der Waals surface area (Å²) in [6.07, 6.45) is 2.59. The van der Waals surface area contributed by atoms with Crippen molar-refractivity contribution in [3.05, 3.63) is 60.4 Å². The van der Waals surface area contributed by atoms with E-state index in [0.29, 0.717) is 5.16 Å². The van der Waals surface area contributed by atoms with Gasteiger partial charge in [-0.05, 0) is 42.3 Å². The van der Waals surface area contributed by atoms with Gasteiger partial charge in [0.05, 0.1) is 18.6 Å². The van der Waals surface area contributed by atoms with Crippen LogP contribution in [0.2, 0.25) is 0 Å². The Morgan fingerprint density at radius 2 is 1.96 bits per heavy atom. The third-order valence-electron chi connectivity index (χ3n) is 3.85. The van der Waals surface area contributed by atoms with Crippen LogP contribution in [0, 0.1) is 0 Å². The Morgan fingerprint density at radius 1 is 1.19 bits per heavy atom. The van der Waals surface area contributed by atoms with E-state index in [2.05, 4.69) is 28.5 Å². The van der Waals surface area contributed by atoms with Gasteiger partial charge in [-0.15, -0.1) is 10.2 Å². The molecule has 2 aromatic carbocycles. The molecule has 0 spiro atoms. The highest BCUT2D eigenvalue weighted by Gasteiger charge is 2.12. The lowest BCUT2D eigenvalue weighted by Gasteiger charge is -2.10. The molecule has 0 saturated carbocycles. The normalized spacial score (nSPS) is 10.5. The fraction of sp³-hybridized carbons (Fsp3) is 0.211. The molecule has 0 bridgehead atoms. The monoisotopic (exact) mass is 368 g/mol. The smallest absolute Gasteiger partial charge is 0.234 e. The molecule has 0 aliphatic rings. The standard InChI is InChI=1S/C19H20N4O2S/c1-3-14-6-4-5-7-17(14)23-13-20-22-19(23)26-12-18(24)21-15-8-10-16(25-2)11-9-15/h4-11,13H,3,12H2,1-2H3,(H,21,24). The lowest BCUT2D eigenvalue weighted by molar-refractivity contribution is -0.113. The summed E-state index contributed by atoms with van der Waals surface area (Å²) in [7, 11) is 1.61. The third-order valence-corrected chi connectivity index (χ3v) is 4.80. The first-order chi connectivity index (χ1) is 12.7. The van der Waals surface area contributed by atoms with Crippen LogP contribution in [0.25, 0.3) is 5.69 Å². The van der Waals surface area contributed by atoms with Crippen molar-refractivity contribution >= 4 is 23.4 Å². The number of hydrogen-bond acceptors (Lipinski definition) is 5. The van der Waals surface area contributed by atoms with Crippen LogP contribution >= 0.6 is 11.8 Å². The summed E-state index contributed by atoms with van der Waals surface area (Å²) in [4.78, 5) is 12.2. The number of anilines is 1. The predicted molar refractivity (Wildman–Crippen MR) is 103 cm³/mol. The van der Waals surface area contributed by atoms with Crippen molar-refractivity contribution in [2.45, 2.75) is 18.5 Å². The average molecular weight is 368 g/mol. The number of para-hydroxylation sites is 1. The first kappa shape index (κ1) is 18.0. The van der Waals surface area contributed by atoms with Crippen LogP contribution in [0.1, 0.15) is 12.5 Å². The van der Waals surface area contributed by atoms with Gasteiger partial charge in [0, 0.05) is 5.69 Å². The highest BCUT2D eigenvalue weighted by atomic mass is 32.2. The van der Waals surface area contributed by atoms with E-state index < -0.39 is 0 Å². The van der Waals surface area contributed by atoms with Gasteiger partial charge in [-0.3, -0.25) is 9.36 Å². The van der Waals surface area contributed by atoms with E-state index in [-0.39, 0.29) is 11.7 Å². The zero-order valence-electron chi connectivity index (χ0n) is 14.7. The summed E-state index contributed by atoms with van der Waals surface area (Å²) in [6, 6.07) is 15.3. The molecule has 1 amide bonds. The van der Waals surface area contributed by atoms with Gasteiger partial charge in [0.1, 0.15) is 12.1 Å². The molecule has 0 saturated heterocycles. The Bertz CT molecular complexity index is 877. The number of nitrogens with zero attached hydrogens (tertiary/aromatic N) is 3. The van der Waals surface area contributed by atoms with E-state index in [4.69, 9.17) is 4.74 Å². The van der Waals surface area contributed by atoms with Gasteiger partial charge in [-0.2, -0.15) is 0 Å². The maximum absolute atomic E-state index is 12.2. The molecule has 0 aliphatic carbocycles. The van der Waals surface area contributed by atoms with Crippen molar-refractivity contribution in [3.8, 4) is 11.4 Å². The van der Waals surface area contributed by atoms with E-state index >= 15 is 0 Å². The quantitative estimate of drug-likeness (QED) is 0.646. The van der Waals surface area contributed by atoms with Gasteiger partial charge in [0.2, 0.25) is 5.91 Å². The number of amides is 1. The van der Waals surface area contributed by atoms with Crippen molar-refractivity contribution in [1.82, 2.24) is 14.8 Å². The van der Waals surface area contributed by atoms with Crippen LogP contribution in [0.3, 0.4) is 0 Å². The van der Waals surface area contributed by atoms with E-state index in [1.165, 1.54) is 17.3 Å². The average Bonchev–Trinajstić information content (AvgIpc) is 3.15. The summed E-state index contributed by atoms with van der Waals surface area (Å²) in [5.74, 6) is 0.900. The van der Waals surface area contributed by atoms with Gasteiger partial charge in [-0.1, -0.05) is 36.9 Å². The number of carbonyl (C=O) groups is 1. The van der Waals surface area contributed by atoms with Gasteiger partial charge in [0.15, 0.2) is 5.16 Å². The summed E-state index contributed by atoms with van der Waals surface area (Å²) < 4.78 is 7.03. The van der Waals surface area contributed by atoms with Crippen LogP contribution in [0.5, 0.6) is 5.75 Å². The molecule has 0 fully saturated rings. The Hall–Kier alpha value is -2.80. The molecule has 3 rings (SSSR count). The van der Waals surface area contributed by atoms with Crippen molar-refractivity contribution in [1.29, 1.82) is 0 Å². The molecule has 0 unspecified atom stereocenters. The topological polar surface area (TPSA) is 69.0 Å². The second-order valence-corrected chi connectivity index (χ2v) is 6.47. The zero-order chi connectivity index (χ0) is 18.4. The number of ether oxygens (including phenoxy) is 1. The van der Waals surface area contributed by atoms with E-state index in [1.54, 1.807) is 37.7 Å². The number of benzene rings is 2. The van der Waals surface area contributed by atoms with Crippen LogP contribution < -0.4 is 10.1 Å². The molecule has 0 radical (unpaired) electrons. The molecular weight excluding hydrogens is 348 g/mol. The lowest BCUT2D eigenvalue weighted by Crippen LogP contribution is -2.14. The Kier molecular flexibility index (Phi) is 5.91. The molecule has 0 atom stereocenters. The summed E-state index contributed by atoms with van der Waals surface area (Å²) in [5, 5.41) is 11.7. The minimum atomic E-state index is -0.0986. The number of methoxy groups -OCH3 is 1. The van der Waals surface area contributed by atoms with Gasteiger partial charge >= 0.3 is 0 Å². The fourth-order valence-electron chi connectivity index (χ4n) is 2.53. The Morgan fingerprint density at radius 3 is 2.69 bits per heavy atom. The fourth-order valence-corrected chi connectivity index (χ4v) is 3.26. The summed E-state index contributed by atoms with van der Waals surface area (Å²) >= 11 is 1.36. The van der Waals surface area contributed by atoms with E-state index in [1.807, 2.05) is 22.8 Å². The number of aryl methyl sites for hydroxylation is 1. The largest absolute Gasteiger partial charge is 0.497 e. The van der Waals surface area contributed by atoms with Crippen molar-refractivity contribution in [2.75, 3.05) is 18.2 Å². The number of aromatic nitrogens is 3. The minimum absolute atomic E-state index is 0.0986. The lowest BCUT2D eigenvalue weighted by atomic mass is 10.1. The molecule has 1 N–H and O–H groups in total. The van der Waals surface area contributed by atoms with Crippen LogP contribution in [0.4, 0.5) is 5.69 Å². The molecule has 6 nitrogen and oxygen atoms in total. The number of carbonyl (C=O) groups excluding carboxylic acids is 1. The van der Waals surface area contributed by atoms with Gasteiger partial charge in [0.25, 0.3) is 0 Å². The number of thioether (sulfide) groups is 1. The minimum Gasteiger partial charge on any atom is -0.497 e. The Labute approximate surface area is 156 Å². The summed E-state index contributed by atoms with van der Waals surface area (Å²) in [5.41, 5.74) is 2.98. The molecule has 1 aromatic heterocycles. The second-order valence-electron chi connectivity index (χ2n) is 5.53. The van der Waals surface area contributed by atoms with Gasteiger partial charge in [-0.25, -0.2) is 0 Å². The van der Waals surface area contributed by atoms with Gasteiger partial charge < -0.3 is 10.1 Å². The van der Waals surface area contributed by atoms with E-state index in [9.17, 15) is 4.79 Å². The second kappa shape index (κ2) is 8.53.